The van der Waals surface area contributed by atoms with Crippen LogP contribution in [0.25, 0.3) is 22.2 Å². The van der Waals surface area contributed by atoms with Gasteiger partial charge in [0.15, 0.2) is 5.65 Å². The Balaban J connectivity index is 0.000000181. The molecule has 2 aliphatic heterocycles. The minimum atomic E-state index is -0.163. The van der Waals surface area contributed by atoms with Crippen LogP contribution in [0.1, 0.15) is 49.1 Å². The number of nitrogens with one attached hydrogen (secondary N) is 3. The summed E-state index contributed by atoms with van der Waals surface area (Å²) < 4.78 is 21.6. The van der Waals surface area contributed by atoms with Gasteiger partial charge in [0.05, 0.1) is 17.3 Å². The second-order valence-corrected chi connectivity index (χ2v) is 11.9. The standard InChI is InChI=1S/C19H24FN3.C17H24N4O2/c1-21-13-15-5-6-19(20)18(12-15)17-4-2-3-16(11-17)14-23-9-7-22-8-10-23;1-3-15-13(5-8-22)16(19-12-6-9-23-10-7-12)14-11-18-21(4-2)17(14)20-15/h2-6,11-12,21-22H,7-10,13-14H2,1H3;8,11-12H,3-7,9-10H2,1-2H3,(H,19,20). The molecule has 46 heavy (non-hydrogen) atoms. The summed E-state index contributed by atoms with van der Waals surface area (Å²) in [5, 5.41) is 15.6. The molecule has 2 aromatic heterocycles. The fraction of sp³-hybridized carbons (Fsp3) is 0.472. The minimum absolute atomic E-state index is 0.163. The van der Waals surface area contributed by atoms with Crippen molar-refractivity contribution in [1.29, 1.82) is 0 Å². The first-order chi connectivity index (χ1) is 22.5. The first kappa shape index (κ1) is 33.7. The van der Waals surface area contributed by atoms with Crippen molar-refractivity contribution < 1.29 is 13.9 Å². The molecule has 2 fully saturated rings. The Morgan fingerprint density at radius 2 is 1.89 bits per heavy atom. The molecular formula is C36H48FN7O2. The molecule has 3 N–H and O–H groups in total. The number of carbonyl (C=O) groups excluding carboxylic acids is 1. The molecule has 0 unspecified atom stereocenters. The second kappa shape index (κ2) is 16.7. The number of anilines is 1. The van der Waals surface area contributed by atoms with Crippen LogP contribution in [0.4, 0.5) is 10.1 Å². The summed E-state index contributed by atoms with van der Waals surface area (Å²) in [6, 6.07) is 14.0. The highest BCUT2D eigenvalue weighted by Gasteiger charge is 2.21. The number of pyridine rings is 1. The van der Waals surface area contributed by atoms with E-state index in [2.05, 4.69) is 51.9 Å². The van der Waals surface area contributed by atoms with Crippen molar-refractivity contribution in [2.75, 3.05) is 51.8 Å². The molecule has 2 aromatic carbocycles. The van der Waals surface area contributed by atoms with Crippen molar-refractivity contribution in [3.63, 3.8) is 0 Å². The number of nitrogens with zero attached hydrogens (tertiary/aromatic N) is 4. The Kier molecular flexibility index (Phi) is 12.2. The monoisotopic (exact) mass is 629 g/mol. The lowest BCUT2D eigenvalue weighted by Crippen LogP contribution is -2.42. The maximum atomic E-state index is 14.2. The zero-order valence-corrected chi connectivity index (χ0v) is 27.4. The second-order valence-electron chi connectivity index (χ2n) is 11.9. The molecular weight excluding hydrogens is 581 g/mol. The highest BCUT2D eigenvalue weighted by Crippen LogP contribution is 2.31. The molecule has 2 aliphatic rings. The lowest BCUT2D eigenvalue weighted by atomic mass is 10.00. The lowest BCUT2D eigenvalue weighted by Gasteiger charge is -2.27. The van der Waals surface area contributed by atoms with Gasteiger partial charge >= 0.3 is 0 Å². The number of carbonyl (C=O) groups is 1. The number of piperazine rings is 1. The normalized spacial score (nSPS) is 15.8. The molecule has 10 heteroatoms. The summed E-state index contributed by atoms with van der Waals surface area (Å²) >= 11 is 0. The molecule has 0 atom stereocenters. The van der Waals surface area contributed by atoms with E-state index in [4.69, 9.17) is 9.72 Å². The van der Waals surface area contributed by atoms with Gasteiger partial charge in [0.25, 0.3) is 0 Å². The fourth-order valence-electron chi connectivity index (χ4n) is 6.29. The van der Waals surface area contributed by atoms with Crippen LogP contribution in [-0.2, 0) is 42.0 Å². The lowest BCUT2D eigenvalue weighted by molar-refractivity contribution is -0.107. The van der Waals surface area contributed by atoms with Gasteiger partial charge in [0.1, 0.15) is 12.1 Å². The van der Waals surface area contributed by atoms with Crippen LogP contribution in [-0.4, -0.2) is 78.4 Å². The van der Waals surface area contributed by atoms with E-state index >= 15 is 0 Å². The van der Waals surface area contributed by atoms with Crippen molar-refractivity contribution in [1.82, 2.24) is 30.3 Å². The van der Waals surface area contributed by atoms with E-state index in [1.807, 2.05) is 42.2 Å². The van der Waals surface area contributed by atoms with Gasteiger partial charge < -0.3 is 25.5 Å². The van der Waals surface area contributed by atoms with E-state index in [-0.39, 0.29) is 5.82 Å². The summed E-state index contributed by atoms with van der Waals surface area (Å²) in [5.41, 5.74) is 7.89. The number of aryl methyl sites for hydroxylation is 2. The maximum Gasteiger partial charge on any atom is 0.160 e. The van der Waals surface area contributed by atoms with Crippen LogP contribution >= 0.6 is 0 Å². The smallest absolute Gasteiger partial charge is 0.160 e. The number of fused-ring (bicyclic) bond motifs is 1. The fourth-order valence-corrected chi connectivity index (χ4v) is 6.29. The molecule has 9 nitrogen and oxygen atoms in total. The van der Waals surface area contributed by atoms with Crippen LogP contribution in [0.5, 0.6) is 0 Å². The third-order valence-corrected chi connectivity index (χ3v) is 8.73. The van der Waals surface area contributed by atoms with Gasteiger partial charge in [-0.05, 0) is 68.1 Å². The first-order valence-corrected chi connectivity index (χ1v) is 16.6. The van der Waals surface area contributed by atoms with Crippen molar-refractivity contribution in [3.05, 3.63) is 76.9 Å². The molecule has 4 aromatic rings. The molecule has 4 heterocycles. The molecule has 0 bridgehead atoms. The van der Waals surface area contributed by atoms with Crippen LogP contribution in [0.3, 0.4) is 0 Å². The topological polar surface area (TPSA) is 96.3 Å². The number of hydrogen-bond acceptors (Lipinski definition) is 8. The molecule has 0 radical (unpaired) electrons. The van der Waals surface area contributed by atoms with Gasteiger partial charge in [-0.25, -0.2) is 14.1 Å². The summed E-state index contributed by atoms with van der Waals surface area (Å²) in [6.45, 7) is 12.4. The quantitative estimate of drug-likeness (QED) is 0.201. The van der Waals surface area contributed by atoms with Crippen LogP contribution in [0.2, 0.25) is 0 Å². The number of rotatable bonds is 11. The van der Waals surface area contributed by atoms with E-state index < -0.39 is 0 Å². The SMILES string of the molecule is CCc1nc2c(cnn2CC)c(NC2CCOCC2)c1CC=O.CNCc1ccc(F)c(-c2cccc(CN3CCNCC3)c2)c1. The van der Waals surface area contributed by atoms with Crippen LogP contribution < -0.4 is 16.0 Å². The van der Waals surface area contributed by atoms with Gasteiger partial charge in [-0.1, -0.05) is 31.2 Å². The predicted octanol–water partition coefficient (Wildman–Crippen LogP) is 4.96. The van der Waals surface area contributed by atoms with E-state index in [0.29, 0.717) is 18.0 Å². The third kappa shape index (κ3) is 8.36. The molecule has 0 spiro atoms. The molecule has 0 aliphatic carbocycles. The average molecular weight is 630 g/mol. The number of benzene rings is 2. The van der Waals surface area contributed by atoms with Gasteiger partial charge in [-0.15, -0.1) is 0 Å². The molecule has 2 saturated heterocycles. The van der Waals surface area contributed by atoms with E-state index in [9.17, 15) is 9.18 Å². The number of aromatic nitrogens is 3. The Bertz CT molecular complexity index is 1580. The van der Waals surface area contributed by atoms with Crippen LogP contribution in [0, 0.1) is 5.82 Å². The van der Waals surface area contributed by atoms with Gasteiger partial charge in [-0.2, -0.15) is 5.10 Å². The van der Waals surface area contributed by atoms with Crippen molar-refractivity contribution in [2.45, 2.75) is 65.2 Å². The summed E-state index contributed by atoms with van der Waals surface area (Å²) in [5.74, 6) is -0.163. The predicted molar refractivity (Wildman–Crippen MR) is 183 cm³/mol. The number of ether oxygens (including phenoxy) is 1. The summed E-state index contributed by atoms with van der Waals surface area (Å²) in [7, 11) is 1.90. The zero-order chi connectivity index (χ0) is 32.3. The Morgan fingerprint density at radius 3 is 2.61 bits per heavy atom. The Morgan fingerprint density at radius 1 is 1.09 bits per heavy atom. The molecule has 6 rings (SSSR count). The van der Waals surface area contributed by atoms with E-state index in [0.717, 1.165) is 124 Å². The van der Waals surface area contributed by atoms with Crippen molar-refractivity contribution >= 4 is 23.0 Å². The highest BCUT2D eigenvalue weighted by atomic mass is 19.1. The van der Waals surface area contributed by atoms with E-state index in [1.165, 1.54) is 5.56 Å². The Labute approximate surface area is 271 Å². The largest absolute Gasteiger partial charge is 0.381 e. The zero-order valence-electron chi connectivity index (χ0n) is 27.4. The van der Waals surface area contributed by atoms with Crippen molar-refractivity contribution in [2.24, 2.45) is 0 Å². The summed E-state index contributed by atoms with van der Waals surface area (Å²) in [4.78, 5) is 18.4. The first-order valence-electron chi connectivity index (χ1n) is 16.6. The molecule has 0 amide bonds. The average Bonchev–Trinajstić information content (AvgIpc) is 3.51. The molecule has 0 saturated carbocycles. The number of aldehydes is 1. The third-order valence-electron chi connectivity index (χ3n) is 8.73. The van der Waals surface area contributed by atoms with Crippen molar-refractivity contribution in [3.8, 4) is 11.1 Å². The van der Waals surface area contributed by atoms with Gasteiger partial charge in [0.2, 0.25) is 0 Å². The van der Waals surface area contributed by atoms with Gasteiger partial charge in [-0.3, -0.25) is 4.90 Å². The van der Waals surface area contributed by atoms with Gasteiger partial charge in [0, 0.05) is 88.3 Å². The number of halogens is 1. The number of hydrogen-bond donors (Lipinski definition) is 3. The highest BCUT2D eigenvalue weighted by molar-refractivity contribution is 5.92. The van der Waals surface area contributed by atoms with Crippen LogP contribution in [0.15, 0.2) is 48.7 Å². The summed E-state index contributed by atoms with van der Waals surface area (Å²) in [6.07, 6.45) is 5.97. The van der Waals surface area contributed by atoms with E-state index in [1.54, 1.807) is 6.07 Å². The maximum absolute atomic E-state index is 14.2. The minimum Gasteiger partial charge on any atom is -0.381 e. The Hall–Kier alpha value is -3.70. The molecule has 246 valence electrons.